The van der Waals surface area contributed by atoms with E-state index in [2.05, 4.69) is 32.2 Å². The summed E-state index contributed by atoms with van der Waals surface area (Å²) in [7, 11) is 1.66. The third kappa shape index (κ3) is 5.09. The highest BCUT2D eigenvalue weighted by atomic mass is 16.6. The zero-order valence-electron chi connectivity index (χ0n) is 19.7. The van der Waals surface area contributed by atoms with Crippen molar-refractivity contribution in [2.75, 3.05) is 20.3 Å². The van der Waals surface area contributed by atoms with Crippen LogP contribution in [0.1, 0.15) is 53.9 Å². The van der Waals surface area contributed by atoms with Crippen molar-refractivity contribution in [3.8, 4) is 0 Å². The zero-order valence-corrected chi connectivity index (χ0v) is 19.7. The molecule has 8 heteroatoms. The van der Waals surface area contributed by atoms with E-state index in [1.165, 1.54) is 5.57 Å². The first-order chi connectivity index (χ1) is 14.6. The zero-order chi connectivity index (χ0) is 23.0. The second kappa shape index (κ2) is 9.35. The first kappa shape index (κ1) is 24.5. The van der Waals surface area contributed by atoms with Crippen molar-refractivity contribution in [2.24, 2.45) is 17.6 Å². The van der Waals surface area contributed by atoms with Gasteiger partial charge in [0.2, 0.25) is 0 Å². The number of carbonyl (C=O) groups excluding carboxylic acids is 1. The number of aliphatic hydroxyl groups is 1. The number of hydrogen-bond acceptors (Lipinski definition) is 7. The summed E-state index contributed by atoms with van der Waals surface area (Å²) in [4.78, 5) is 12.7. The minimum atomic E-state index is -0.553. The van der Waals surface area contributed by atoms with Crippen molar-refractivity contribution in [3.63, 3.8) is 0 Å². The molecule has 0 aromatic carbocycles. The maximum absolute atomic E-state index is 12.7. The number of methoxy groups -OCH3 is 1. The number of alkyl carbamates (subject to hydrolysis) is 1. The van der Waals surface area contributed by atoms with Gasteiger partial charge in [-0.3, -0.25) is 0 Å². The fourth-order valence-corrected chi connectivity index (χ4v) is 5.26. The van der Waals surface area contributed by atoms with E-state index >= 15 is 0 Å². The summed E-state index contributed by atoms with van der Waals surface area (Å²) in [5, 5.41) is 12.2. The van der Waals surface area contributed by atoms with Crippen LogP contribution in [0, 0.1) is 11.8 Å². The van der Waals surface area contributed by atoms with Gasteiger partial charge in [0, 0.05) is 13.2 Å². The Hall–Kier alpha value is -1.19. The lowest BCUT2D eigenvalue weighted by molar-refractivity contribution is -0.118. The second-order valence-corrected chi connectivity index (χ2v) is 10.1. The summed E-state index contributed by atoms with van der Waals surface area (Å²) < 4.78 is 23.9. The summed E-state index contributed by atoms with van der Waals surface area (Å²) in [6, 6.07) is -0.934. The number of nitrogens with one attached hydrogen (secondary N) is 1. The molecule has 1 saturated carbocycles. The molecule has 2 aliphatic heterocycles. The fraction of sp³-hybridized carbons (Fsp3) is 0.870. The largest absolute Gasteiger partial charge is 0.443 e. The summed E-state index contributed by atoms with van der Waals surface area (Å²) in [6.45, 7) is 10.7. The molecule has 2 saturated heterocycles. The smallest absolute Gasteiger partial charge is 0.407 e. The van der Waals surface area contributed by atoms with Gasteiger partial charge in [-0.25, -0.2) is 4.79 Å². The predicted octanol–water partition coefficient (Wildman–Crippen LogP) is 2.13. The number of carbonyl (C=O) groups is 1. The average molecular weight is 441 g/mol. The highest BCUT2D eigenvalue weighted by molar-refractivity contribution is 5.68. The Kier molecular flexibility index (Phi) is 7.38. The number of ether oxygens (including phenoxy) is 4. The van der Waals surface area contributed by atoms with Gasteiger partial charge in [-0.15, -0.1) is 0 Å². The van der Waals surface area contributed by atoms with Crippen molar-refractivity contribution in [1.82, 2.24) is 5.32 Å². The van der Waals surface area contributed by atoms with E-state index in [0.717, 1.165) is 12.8 Å². The van der Waals surface area contributed by atoms with Crippen LogP contribution >= 0.6 is 0 Å². The van der Waals surface area contributed by atoms with E-state index in [9.17, 15) is 9.90 Å². The maximum Gasteiger partial charge on any atom is 0.407 e. The molecule has 3 fully saturated rings. The first-order valence-corrected chi connectivity index (χ1v) is 11.4. The van der Waals surface area contributed by atoms with Gasteiger partial charge in [-0.2, -0.15) is 0 Å². The third-order valence-electron chi connectivity index (χ3n) is 7.17. The van der Waals surface area contributed by atoms with E-state index in [-0.39, 0.29) is 47.9 Å². The van der Waals surface area contributed by atoms with E-state index in [1.54, 1.807) is 7.11 Å². The molecule has 4 N–H and O–H groups in total. The van der Waals surface area contributed by atoms with Gasteiger partial charge in [0.25, 0.3) is 0 Å². The molecule has 8 atom stereocenters. The average Bonchev–Trinajstić information content (AvgIpc) is 3.62. The minimum Gasteiger partial charge on any atom is -0.443 e. The van der Waals surface area contributed by atoms with Crippen LogP contribution in [0.5, 0.6) is 0 Å². The number of nitrogens with two attached hydrogens (primary N) is 1. The summed E-state index contributed by atoms with van der Waals surface area (Å²) >= 11 is 0. The molecule has 0 bridgehead atoms. The standard InChI is InChI=1S/C23H40N2O6/c1-13(2)7-8-17-22(5,31-17)20-19(28-6)16(9-10-23(20)12-29-23)30-21(27)25-18(14(3)4)15(24)11-26/h7,14-20,26H,8-12,24H2,1-6H3,(H,25,27)/t15?,16-,17-,18-,19-,20-,22+,23+/m1/s1. The van der Waals surface area contributed by atoms with Crippen LogP contribution < -0.4 is 11.1 Å². The van der Waals surface area contributed by atoms with Gasteiger partial charge in [-0.1, -0.05) is 25.5 Å². The molecule has 1 aliphatic carbocycles. The third-order valence-corrected chi connectivity index (χ3v) is 7.17. The number of aliphatic hydroxyl groups excluding tert-OH is 1. The molecular formula is C23H40N2O6. The van der Waals surface area contributed by atoms with E-state index in [0.29, 0.717) is 13.0 Å². The topological polar surface area (TPSA) is 119 Å². The normalized spacial score (nSPS) is 38.5. The van der Waals surface area contributed by atoms with Crippen molar-refractivity contribution >= 4 is 6.09 Å². The van der Waals surface area contributed by atoms with Crippen molar-refractivity contribution in [3.05, 3.63) is 11.6 Å². The van der Waals surface area contributed by atoms with Gasteiger partial charge in [0.15, 0.2) is 0 Å². The van der Waals surface area contributed by atoms with E-state index < -0.39 is 18.2 Å². The maximum atomic E-state index is 12.7. The molecule has 2 heterocycles. The molecule has 0 radical (unpaired) electrons. The lowest BCUT2D eigenvalue weighted by atomic mass is 9.68. The molecule has 1 amide bonds. The first-order valence-electron chi connectivity index (χ1n) is 11.4. The Labute approximate surface area is 185 Å². The van der Waals surface area contributed by atoms with Crippen molar-refractivity contribution < 1.29 is 28.8 Å². The Bertz CT molecular complexity index is 675. The number of amides is 1. The number of hydrogen-bond donors (Lipinski definition) is 3. The second-order valence-electron chi connectivity index (χ2n) is 10.1. The molecule has 31 heavy (non-hydrogen) atoms. The van der Waals surface area contributed by atoms with Gasteiger partial charge in [0.1, 0.15) is 23.4 Å². The van der Waals surface area contributed by atoms with Crippen molar-refractivity contribution in [2.45, 2.75) is 95.5 Å². The molecule has 178 valence electrons. The van der Waals surface area contributed by atoms with E-state index in [1.807, 2.05) is 13.8 Å². The lowest BCUT2D eigenvalue weighted by Gasteiger charge is -2.42. The van der Waals surface area contributed by atoms with E-state index in [4.69, 9.17) is 24.7 Å². The van der Waals surface area contributed by atoms with Gasteiger partial charge in [0.05, 0.1) is 31.3 Å². The quantitative estimate of drug-likeness (QED) is 0.371. The highest BCUT2D eigenvalue weighted by Gasteiger charge is 2.72. The SMILES string of the molecule is CO[C@@H]1[C@H](OC(=O)N[C@H](C(C)C)C(N)CO)CC[C@]2(CO2)[C@H]1[C@@]1(C)O[C@@H]1CC=C(C)C. The number of rotatable bonds is 9. The molecule has 0 aromatic rings. The summed E-state index contributed by atoms with van der Waals surface area (Å²) in [6.07, 6.45) is 3.33. The molecule has 1 spiro atoms. The van der Waals surface area contributed by atoms with Crippen LogP contribution in [0.4, 0.5) is 4.79 Å². The van der Waals surface area contributed by atoms with Crippen LogP contribution in [0.15, 0.2) is 11.6 Å². The Balaban J connectivity index is 1.70. The lowest BCUT2D eigenvalue weighted by Crippen LogP contribution is -2.57. The number of allylic oxidation sites excluding steroid dienone is 1. The van der Waals surface area contributed by atoms with Crippen LogP contribution in [-0.4, -0.2) is 73.1 Å². The van der Waals surface area contributed by atoms with Crippen molar-refractivity contribution in [1.29, 1.82) is 0 Å². The summed E-state index contributed by atoms with van der Waals surface area (Å²) in [5.41, 5.74) is 6.60. The van der Waals surface area contributed by atoms with Gasteiger partial charge >= 0.3 is 6.09 Å². The number of epoxide rings is 2. The van der Waals surface area contributed by atoms with Gasteiger partial charge < -0.3 is 35.1 Å². The highest BCUT2D eigenvalue weighted by Crippen LogP contribution is 2.59. The van der Waals surface area contributed by atoms with Crippen LogP contribution in [0.25, 0.3) is 0 Å². The van der Waals surface area contributed by atoms with Crippen LogP contribution in [-0.2, 0) is 18.9 Å². The predicted molar refractivity (Wildman–Crippen MR) is 117 cm³/mol. The Morgan fingerprint density at radius 3 is 2.58 bits per heavy atom. The molecule has 0 aromatic heterocycles. The summed E-state index contributed by atoms with van der Waals surface area (Å²) in [5.74, 6) is 0.0393. The monoisotopic (exact) mass is 440 g/mol. The molecule has 1 unspecified atom stereocenters. The van der Waals surface area contributed by atoms with Crippen LogP contribution in [0.3, 0.4) is 0 Å². The Morgan fingerprint density at radius 2 is 2.06 bits per heavy atom. The fourth-order valence-electron chi connectivity index (χ4n) is 5.26. The van der Waals surface area contributed by atoms with Crippen LogP contribution in [0.2, 0.25) is 0 Å². The molecule has 3 aliphatic rings. The molecule has 8 nitrogen and oxygen atoms in total. The molecular weight excluding hydrogens is 400 g/mol. The minimum absolute atomic E-state index is 0.0206. The van der Waals surface area contributed by atoms with Gasteiger partial charge in [-0.05, 0) is 46.0 Å². The molecule has 3 rings (SSSR count). The Morgan fingerprint density at radius 1 is 1.39 bits per heavy atom.